The summed E-state index contributed by atoms with van der Waals surface area (Å²) in [4.78, 5) is 24.7. The van der Waals surface area contributed by atoms with E-state index in [0.29, 0.717) is 0 Å². The summed E-state index contributed by atoms with van der Waals surface area (Å²) in [5.41, 5.74) is 1.13. The Morgan fingerprint density at radius 3 is 1.68 bits per heavy atom. The first-order valence-corrected chi connectivity index (χ1v) is 6.04. The zero-order valence-electron chi connectivity index (χ0n) is 12.6. The van der Waals surface area contributed by atoms with Crippen molar-refractivity contribution in [3.05, 3.63) is 18.4 Å². The van der Waals surface area contributed by atoms with Gasteiger partial charge in [-0.2, -0.15) is 0 Å². The number of rotatable bonds is 2. The second-order valence-corrected chi connectivity index (χ2v) is 5.98. The van der Waals surface area contributed by atoms with Crippen LogP contribution in [0.2, 0.25) is 0 Å². The van der Waals surface area contributed by atoms with Gasteiger partial charge in [-0.3, -0.25) is 0 Å². The first-order valence-electron chi connectivity index (χ1n) is 6.04. The topological polar surface area (TPSA) is 55.8 Å². The number of carbonyl (C=O) groups excluding carboxylic acids is 2. The molecular formula is C14H23NO4. The fourth-order valence-electron chi connectivity index (χ4n) is 1.01. The van der Waals surface area contributed by atoms with Crippen molar-refractivity contribution in [2.45, 2.75) is 52.7 Å². The molecule has 0 saturated heterocycles. The van der Waals surface area contributed by atoms with Gasteiger partial charge in [-0.25, -0.2) is 14.5 Å². The molecule has 0 unspecified atom stereocenters. The molecule has 0 fully saturated rings. The molecule has 5 nitrogen and oxygen atoms in total. The number of ether oxygens (including phenoxy) is 2. The zero-order chi connectivity index (χ0) is 15.3. The third kappa shape index (κ3) is 8.06. The molecule has 0 aliphatic carbocycles. The first kappa shape index (κ1) is 17.3. The van der Waals surface area contributed by atoms with E-state index >= 15 is 0 Å². The van der Waals surface area contributed by atoms with Crippen LogP contribution in [0.1, 0.15) is 41.5 Å². The van der Waals surface area contributed by atoms with Crippen LogP contribution in [0.5, 0.6) is 0 Å². The second-order valence-electron chi connectivity index (χ2n) is 5.98. The third-order valence-corrected chi connectivity index (χ3v) is 1.65. The molecule has 19 heavy (non-hydrogen) atoms. The maximum Gasteiger partial charge on any atom is 0.420 e. The largest absolute Gasteiger partial charge is 0.443 e. The number of carbonyl (C=O) groups is 2. The number of hydrogen-bond acceptors (Lipinski definition) is 4. The van der Waals surface area contributed by atoms with Crippen LogP contribution in [0.25, 0.3) is 0 Å². The molecule has 0 aromatic carbocycles. The number of imide groups is 1. The summed E-state index contributed by atoms with van der Waals surface area (Å²) in [7, 11) is 0. The van der Waals surface area contributed by atoms with Crippen LogP contribution >= 0.6 is 0 Å². The predicted octanol–water partition coefficient (Wildman–Crippen LogP) is 3.50. The molecule has 0 N–H and O–H groups in total. The molecular weight excluding hydrogens is 246 g/mol. The van der Waals surface area contributed by atoms with Crippen LogP contribution in [0, 0.1) is 0 Å². The molecule has 0 spiro atoms. The summed E-state index contributed by atoms with van der Waals surface area (Å²) in [6.07, 6.45) is -0.0603. The minimum Gasteiger partial charge on any atom is -0.443 e. The summed E-state index contributed by atoms with van der Waals surface area (Å²) >= 11 is 0. The lowest BCUT2D eigenvalue weighted by atomic mass is 10.2. The van der Waals surface area contributed by atoms with Gasteiger partial charge < -0.3 is 9.47 Å². The molecule has 2 amide bonds. The fraction of sp³-hybridized carbons (Fsp3) is 0.643. The van der Waals surface area contributed by atoms with Crippen molar-refractivity contribution in [3.8, 4) is 0 Å². The number of amides is 2. The maximum absolute atomic E-state index is 11.9. The van der Waals surface area contributed by atoms with E-state index in [0.717, 1.165) is 4.90 Å². The summed E-state index contributed by atoms with van der Waals surface area (Å²) in [5.74, 6) is 0. The highest BCUT2D eigenvalue weighted by Crippen LogP contribution is 2.14. The molecule has 0 saturated carbocycles. The molecule has 0 radical (unpaired) electrons. The van der Waals surface area contributed by atoms with Gasteiger partial charge in [-0.15, -0.1) is 5.73 Å². The van der Waals surface area contributed by atoms with Crippen molar-refractivity contribution in [1.29, 1.82) is 0 Å². The summed E-state index contributed by atoms with van der Waals surface area (Å²) in [6.45, 7) is 13.7. The van der Waals surface area contributed by atoms with Crippen molar-refractivity contribution >= 4 is 12.2 Å². The Bertz CT molecular complexity index is 353. The molecule has 0 aromatic heterocycles. The molecule has 0 aliphatic rings. The lowest BCUT2D eigenvalue weighted by molar-refractivity contribution is 0.00375. The first-order chi connectivity index (χ1) is 8.46. The Labute approximate surface area is 114 Å². The van der Waals surface area contributed by atoms with Gasteiger partial charge in [0.1, 0.15) is 11.2 Å². The van der Waals surface area contributed by atoms with E-state index in [1.165, 1.54) is 6.08 Å². The highest BCUT2D eigenvalue weighted by atomic mass is 16.6. The monoisotopic (exact) mass is 269 g/mol. The normalized spacial score (nSPS) is 11.3. The van der Waals surface area contributed by atoms with Crippen LogP contribution in [0.3, 0.4) is 0 Å². The molecule has 0 atom stereocenters. The van der Waals surface area contributed by atoms with Crippen LogP contribution in [0.4, 0.5) is 9.59 Å². The van der Waals surface area contributed by atoms with Crippen LogP contribution < -0.4 is 0 Å². The maximum atomic E-state index is 11.9. The van der Waals surface area contributed by atoms with Crippen molar-refractivity contribution in [1.82, 2.24) is 4.90 Å². The molecule has 0 rings (SSSR count). The molecule has 108 valence electrons. The minimum absolute atomic E-state index is 0.00727. The number of nitrogens with zero attached hydrogens (tertiary/aromatic N) is 1. The van der Waals surface area contributed by atoms with E-state index < -0.39 is 23.4 Å². The van der Waals surface area contributed by atoms with Crippen molar-refractivity contribution in [2.24, 2.45) is 0 Å². The van der Waals surface area contributed by atoms with Gasteiger partial charge >= 0.3 is 12.2 Å². The van der Waals surface area contributed by atoms with Gasteiger partial charge in [-0.1, -0.05) is 6.58 Å². The van der Waals surface area contributed by atoms with E-state index in [9.17, 15) is 9.59 Å². The van der Waals surface area contributed by atoms with Crippen LogP contribution in [0.15, 0.2) is 18.4 Å². The van der Waals surface area contributed by atoms with Gasteiger partial charge in [0, 0.05) is 0 Å². The molecule has 0 heterocycles. The smallest absolute Gasteiger partial charge is 0.420 e. The van der Waals surface area contributed by atoms with Crippen LogP contribution in [-0.4, -0.2) is 34.8 Å². The van der Waals surface area contributed by atoms with Crippen molar-refractivity contribution in [3.63, 3.8) is 0 Å². The predicted molar refractivity (Wildman–Crippen MR) is 72.9 cm³/mol. The molecule has 0 aliphatic heterocycles. The van der Waals surface area contributed by atoms with E-state index in [-0.39, 0.29) is 6.54 Å². The Hall–Kier alpha value is -1.74. The standard InChI is InChI=1S/C14H23NO4/c1-8-9-10-15(11(16)18-13(2,3)4)12(17)19-14(5,6)7/h9H,1,10H2,2-7H3. The Morgan fingerprint density at radius 1 is 1.05 bits per heavy atom. The van der Waals surface area contributed by atoms with Crippen molar-refractivity contribution in [2.75, 3.05) is 6.54 Å². The highest BCUT2D eigenvalue weighted by molar-refractivity contribution is 5.88. The average Bonchev–Trinajstić information content (AvgIpc) is 2.12. The zero-order valence-corrected chi connectivity index (χ0v) is 12.6. The van der Waals surface area contributed by atoms with E-state index in [1.807, 2.05) is 0 Å². The minimum atomic E-state index is -0.756. The Morgan fingerprint density at radius 2 is 1.42 bits per heavy atom. The Kier molecular flexibility index (Phi) is 5.84. The van der Waals surface area contributed by atoms with Gasteiger partial charge in [0.2, 0.25) is 0 Å². The average molecular weight is 269 g/mol. The van der Waals surface area contributed by atoms with Gasteiger partial charge in [0.15, 0.2) is 0 Å². The lowest BCUT2D eigenvalue weighted by Crippen LogP contribution is -2.43. The summed E-state index contributed by atoms with van der Waals surface area (Å²) in [6, 6.07) is 0. The highest BCUT2D eigenvalue weighted by Gasteiger charge is 2.30. The summed E-state index contributed by atoms with van der Waals surface area (Å²) < 4.78 is 10.3. The van der Waals surface area contributed by atoms with Crippen molar-refractivity contribution < 1.29 is 19.1 Å². The fourth-order valence-corrected chi connectivity index (χ4v) is 1.01. The van der Waals surface area contributed by atoms with Gasteiger partial charge in [0.05, 0.1) is 6.54 Å². The number of hydrogen-bond donors (Lipinski definition) is 0. The molecule has 5 heteroatoms. The van der Waals surface area contributed by atoms with Gasteiger partial charge in [-0.05, 0) is 47.6 Å². The molecule has 0 bridgehead atoms. The van der Waals surface area contributed by atoms with Gasteiger partial charge in [0.25, 0.3) is 0 Å². The Balaban J connectivity index is 4.95. The third-order valence-electron chi connectivity index (χ3n) is 1.65. The van der Waals surface area contributed by atoms with E-state index in [2.05, 4.69) is 12.3 Å². The van der Waals surface area contributed by atoms with E-state index in [4.69, 9.17) is 9.47 Å². The quantitative estimate of drug-likeness (QED) is 0.720. The SMILES string of the molecule is C=C=CCN(C(=O)OC(C)(C)C)C(=O)OC(C)(C)C. The summed E-state index contributed by atoms with van der Waals surface area (Å²) in [5, 5.41) is 0. The lowest BCUT2D eigenvalue weighted by Gasteiger charge is -2.27. The van der Waals surface area contributed by atoms with E-state index in [1.54, 1.807) is 41.5 Å². The second kappa shape index (κ2) is 6.43. The van der Waals surface area contributed by atoms with Crippen LogP contribution in [-0.2, 0) is 9.47 Å². The molecule has 0 aromatic rings.